The minimum atomic E-state index is -0.454. The van der Waals surface area contributed by atoms with E-state index in [1.165, 1.54) is 0 Å². The van der Waals surface area contributed by atoms with Gasteiger partial charge in [-0.05, 0) is 12.8 Å². The van der Waals surface area contributed by atoms with E-state index in [2.05, 4.69) is 4.74 Å². The van der Waals surface area contributed by atoms with Gasteiger partial charge in [0.15, 0.2) is 0 Å². The number of carbonyl (C=O) groups excluding carboxylic acids is 1. The van der Waals surface area contributed by atoms with Crippen molar-refractivity contribution in [3.05, 3.63) is 0 Å². The molecule has 0 heterocycles. The molecule has 0 spiro atoms. The van der Waals surface area contributed by atoms with E-state index in [-0.39, 0.29) is 13.2 Å². The zero-order valence-corrected chi connectivity index (χ0v) is 5.69. The van der Waals surface area contributed by atoms with Crippen LogP contribution >= 0.6 is 0 Å². The van der Waals surface area contributed by atoms with Crippen LogP contribution in [0, 0.1) is 0 Å². The second kappa shape index (κ2) is 6.51. The fraction of sp³-hybridized carbons (Fsp3) is 0.833. The molecule has 0 rings (SSSR count). The second-order valence-electron chi connectivity index (χ2n) is 1.90. The van der Waals surface area contributed by atoms with Crippen molar-refractivity contribution < 1.29 is 19.7 Å². The van der Waals surface area contributed by atoms with Gasteiger partial charge in [-0.15, -0.1) is 0 Å². The number of aliphatic hydroxyl groups is 2. The quantitative estimate of drug-likeness (QED) is 0.488. The van der Waals surface area contributed by atoms with Crippen LogP contribution in [-0.4, -0.2) is 36.0 Å². The summed E-state index contributed by atoms with van der Waals surface area (Å²) in [5.41, 5.74) is 0. The summed E-state index contributed by atoms with van der Waals surface area (Å²) in [6, 6.07) is 0. The lowest BCUT2D eigenvalue weighted by molar-refractivity contribution is -0.135. The molecule has 1 unspecified atom stereocenters. The molecule has 0 aliphatic carbocycles. The van der Waals surface area contributed by atoms with Gasteiger partial charge in [0, 0.05) is 6.61 Å². The van der Waals surface area contributed by atoms with E-state index in [4.69, 9.17) is 10.2 Å². The van der Waals surface area contributed by atoms with Crippen LogP contribution < -0.4 is 0 Å². The minimum absolute atomic E-state index is 0.0543. The highest BCUT2D eigenvalue weighted by Gasteiger charge is 2.05. The smallest absolute Gasteiger partial charge is 0.293 e. The summed E-state index contributed by atoms with van der Waals surface area (Å²) in [7, 11) is 0. The highest BCUT2D eigenvalue weighted by Crippen LogP contribution is 1.98. The molecule has 0 radical (unpaired) electrons. The van der Waals surface area contributed by atoms with Crippen molar-refractivity contribution in [2.75, 3.05) is 13.2 Å². The number of hydrogen-bond donors (Lipinski definition) is 2. The van der Waals surface area contributed by atoms with E-state index in [0.29, 0.717) is 19.3 Å². The Kier molecular flexibility index (Phi) is 6.11. The zero-order valence-electron chi connectivity index (χ0n) is 5.69. The first-order valence-electron chi connectivity index (χ1n) is 3.16. The molecule has 0 bridgehead atoms. The van der Waals surface area contributed by atoms with Gasteiger partial charge in [0.1, 0.15) is 6.10 Å². The summed E-state index contributed by atoms with van der Waals surface area (Å²) in [6.45, 7) is 0.176. The lowest BCUT2D eigenvalue weighted by atomic mass is 10.2. The number of aliphatic hydroxyl groups excluding tert-OH is 2. The normalized spacial score (nSPS) is 12.6. The topological polar surface area (TPSA) is 66.8 Å². The highest BCUT2D eigenvalue weighted by molar-refractivity contribution is 5.37. The molecule has 0 saturated carbocycles. The second-order valence-corrected chi connectivity index (χ2v) is 1.90. The Hall–Kier alpha value is -0.610. The van der Waals surface area contributed by atoms with E-state index >= 15 is 0 Å². The molecule has 0 amide bonds. The maximum absolute atomic E-state index is 9.74. The molecule has 10 heavy (non-hydrogen) atoms. The molecule has 0 aromatic rings. The highest BCUT2D eigenvalue weighted by atomic mass is 16.5. The van der Waals surface area contributed by atoms with E-state index in [9.17, 15) is 4.79 Å². The molecule has 0 saturated heterocycles. The zero-order chi connectivity index (χ0) is 7.82. The molecular formula is C6H12O4. The van der Waals surface area contributed by atoms with Crippen molar-refractivity contribution >= 4 is 6.47 Å². The largest absolute Gasteiger partial charge is 0.462 e. The third-order valence-electron chi connectivity index (χ3n) is 1.14. The van der Waals surface area contributed by atoms with Crippen LogP contribution in [0.15, 0.2) is 0 Å². The fourth-order valence-electron chi connectivity index (χ4n) is 0.600. The molecule has 0 aromatic heterocycles. The van der Waals surface area contributed by atoms with Gasteiger partial charge in [0.05, 0.1) is 6.61 Å². The van der Waals surface area contributed by atoms with Gasteiger partial charge in [-0.3, -0.25) is 4.79 Å². The maximum atomic E-state index is 9.74. The van der Waals surface area contributed by atoms with Crippen LogP contribution in [0.3, 0.4) is 0 Å². The van der Waals surface area contributed by atoms with Gasteiger partial charge in [-0.2, -0.15) is 0 Å². The molecule has 1 atom stereocenters. The van der Waals surface area contributed by atoms with Crippen molar-refractivity contribution in [1.82, 2.24) is 0 Å². The Morgan fingerprint density at radius 1 is 1.50 bits per heavy atom. The van der Waals surface area contributed by atoms with Gasteiger partial charge in [-0.25, -0.2) is 0 Å². The third-order valence-corrected chi connectivity index (χ3v) is 1.14. The lowest BCUT2D eigenvalue weighted by Crippen LogP contribution is -2.17. The summed E-state index contributed by atoms with van der Waals surface area (Å²) < 4.78 is 4.45. The van der Waals surface area contributed by atoms with Crippen molar-refractivity contribution in [3.63, 3.8) is 0 Å². The van der Waals surface area contributed by atoms with E-state index < -0.39 is 6.10 Å². The monoisotopic (exact) mass is 148 g/mol. The predicted molar refractivity (Wildman–Crippen MR) is 34.3 cm³/mol. The number of rotatable bonds is 6. The lowest BCUT2D eigenvalue weighted by Gasteiger charge is -2.09. The third kappa shape index (κ3) is 4.29. The average Bonchev–Trinajstić information content (AvgIpc) is 1.98. The van der Waals surface area contributed by atoms with Gasteiger partial charge in [0.25, 0.3) is 6.47 Å². The SMILES string of the molecule is O=COC(CO)CCCO. The summed E-state index contributed by atoms with van der Waals surface area (Å²) in [6.07, 6.45) is 0.592. The summed E-state index contributed by atoms with van der Waals surface area (Å²) >= 11 is 0. The van der Waals surface area contributed by atoms with Crippen LogP contribution in [0.2, 0.25) is 0 Å². The Bertz CT molecular complexity index is 83.8. The molecule has 4 heteroatoms. The van der Waals surface area contributed by atoms with Gasteiger partial charge < -0.3 is 14.9 Å². The van der Waals surface area contributed by atoms with Crippen LogP contribution in [-0.2, 0) is 9.53 Å². The van der Waals surface area contributed by atoms with Crippen molar-refractivity contribution in [2.45, 2.75) is 18.9 Å². The van der Waals surface area contributed by atoms with E-state index in [1.54, 1.807) is 0 Å². The summed E-state index contributed by atoms with van der Waals surface area (Å²) in [5.74, 6) is 0. The molecule has 0 aromatic carbocycles. The average molecular weight is 148 g/mol. The van der Waals surface area contributed by atoms with Crippen molar-refractivity contribution in [3.8, 4) is 0 Å². The van der Waals surface area contributed by atoms with Gasteiger partial charge >= 0.3 is 0 Å². The summed E-state index contributed by atoms with van der Waals surface area (Å²) in [5, 5.41) is 16.9. The number of ether oxygens (including phenoxy) is 1. The van der Waals surface area contributed by atoms with Crippen LogP contribution in [0.25, 0.3) is 0 Å². The number of carbonyl (C=O) groups is 1. The molecule has 2 N–H and O–H groups in total. The fourth-order valence-corrected chi connectivity index (χ4v) is 0.600. The molecular weight excluding hydrogens is 136 g/mol. The first kappa shape index (κ1) is 9.39. The first-order valence-corrected chi connectivity index (χ1v) is 3.16. The molecule has 0 fully saturated rings. The predicted octanol–water partition coefficient (Wildman–Crippen LogP) is -0.707. The van der Waals surface area contributed by atoms with Crippen LogP contribution in [0.5, 0.6) is 0 Å². The molecule has 60 valence electrons. The Balaban J connectivity index is 3.29. The van der Waals surface area contributed by atoms with Crippen LogP contribution in [0.1, 0.15) is 12.8 Å². The molecule has 0 aliphatic heterocycles. The standard InChI is InChI=1S/C6H12O4/c7-3-1-2-6(4-8)10-5-9/h5-8H,1-4H2. The Morgan fingerprint density at radius 2 is 2.20 bits per heavy atom. The van der Waals surface area contributed by atoms with Crippen LogP contribution in [0.4, 0.5) is 0 Å². The van der Waals surface area contributed by atoms with Crippen molar-refractivity contribution in [1.29, 1.82) is 0 Å². The molecule has 0 aliphatic rings. The number of hydrogen-bond acceptors (Lipinski definition) is 4. The summed E-state index contributed by atoms with van der Waals surface area (Å²) in [4.78, 5) is 9.74. The Morgan fingerprint density at radius 3 is 2.60 bits per heavy atom. The first-order chi connectivity index (χ1) is 4.85. The Labute approximate surface area is 59.4 Å². The maximum Gasteiger partial charge on any atom is 0.293 e. The van der Waals surface area contributed by atoms with E-state index in [0.717, 1.165) is 0 Å². The van der Waals surface area contributed by atoms with Gasteiger partial charge in [0.2, 0.25) is 0 Å². The van der Waals surface area contributed by atoms with Crippen molar-refractivity contribution in [2.24, 2.45) is 0 Å². The van der Waals surface area contributed by atoms with E-state index in [1.807, 2.05) is 0 Å². The molecule has 4 nitrogen and oxygen atoms in total. The minimum Gasteiger partial charge on any atom is -0.462 e. The van der Waals surface area contributed by atoms with Gasteiger partial charge in [-0.1, -0.05) is 0 Å².